The Hall–Kier alpha value is -3.90. The van der Waals surface area contributed by atoms with E-state index < -0.39 is 53.0 Å². The third-order valence-electron chi connectivity index (χ3n) is 7.77. The number of ether oxygens (including phenoxy) is 1. The number of Topliss-reactive ketones (excluding diaryl/α,β-unsaturated/α-hetero) is 2. The number of hydrogen-bond acceptors (Lipinski definition) is 5. The van der Waals surface area contributed by atoms with Gasteiger partial charge in [-0.2, -0.15) is 0 Å². The molecule has 0 unspecified atom stereocenters. The average molecular weight is 480 g/mol. The number of carbonyl (C=O) groups is 4. The van der Waals surface area contributed by atoms with Crippen molar-refractivity contribution in [2.45, 2.75) is 38.0 Å². The Labute approximate surface area is 208 Å². The predicted octanol–water partition coefficient (Wildman–Crippen LogP) is 4.12. The van der Waals surface area contributed by atoms with Gasteiger partial charge in [0, 0.05) is 17.2 Å². The number of imide groups is 1. The molecule has 1 aliphatic carbocycles. The van der Waals surface area contributed by atoms with Crippen LogP contribution in [0.4, 0.5) is 0 Å². The normalized spacial score (nSPS) is 24.9. The maximum absolute atomic E-state index is 14.0. The molecular formula is C30H25NO5. The Morgan fingerprint density at radius 3 is 2.00 bits per heavy atom. The fourth-order valence-corrected chi connectivity index (χ4v) is 6.08. The number of rotatable bonds is 4. The fourth-order valence-electron chi connectivity index (χ4n) is 6.08. The van der Waals surface area contributed by atoms with Gasteiger partial charge in [-0.15, -0.1) is 0 Å². The molecule has 0 aromatic heterocycles. The first kappa shape index (κ1) is 22.6. The highest BCUT2D eigenvalue weighted by molar-refractivity contribution is 6.35. The molecule has 2 heterocycles. The van der Waals surface area contributed by atoms with Crippen molar-refractivity contribution in [2.24, 2.45) is 11.8 Å². The molecule has 1 spiro atoms. The Morgan fingerprint density at radius 1 is 0.806 bits per heavy atom. The smallest absolute Gasteiger partial charge is 0.237 e. The van der Waals surface area contributed by atoms with Crippen molar-refractivity contribution in [2.75, 3.05) is 0 Å². The van der Waals surface area contributed by atoms with Crippen LogP contribution in [0.2, 0.25) is 0 Å². The van der Waals surface area contributed by atoms with E-state index >= 15 is 0 Å². The minimum absolute atomic E-state index is 0.238. The molecule has 3 aromatic carbocycles. The predicted molar refractivity (Wildman–Crippen MR) is 131 cm³/mol. The van der Waals surface area contributed by atoms with E-state index in [0.29, 0.717) is 12.0 Å². The van der Waals surface area contributed by atoms with Crippen LogP contribution in [0.15, 0.2) is 78.9 Å². The SMILES string of the molecule is Cc1ccc([C@@H]2OC3(C(=O)c4ccccc4C3=O)[C@@H]3C(=O)N([C@H](C)Cc4ccccc4)C(=O)[C@@H]32)cc1. The summed E-state index contributed by atoms with van der Waals surface area (Å²) in [6, 6.07) is 23.2. The highest BCUT2D eigenvalue weighted by atomic mass is 16.5. The Bertz CT molecular complexity index is 1380. The van der Waals surface area contributed by atoms with Crippen molar-refractivity contribution in [1.29, 1.82) is 0 Å². The van der Waals surface area contributed by atoms with Crippen LogP contribution in [-0.4, -0.2) is 39.9 Å². The first-order chi connectivity index (χ1) is 17.3. The van der Waals surface area contributed by atoms with Crippen LogP contribution in [0.25, 0.3) is 0 Å². The van der Waals surface area contributed by atoms with Crippen molar-refractivity contribution < 1.29 is 23.9 Å². The number of fused-ring (bicyclic) bond motifs is 3. The quantitative estimate of drug-likeness (QED) is 0.416. The van der Waals surface area contributed by atoms with Gasteiger partial charge in [0.2, 0.25) is 29.0 Å². The molecule has 2 amide bonds. The first-order valence-electron chi connectivity index (χ1n) is 12.2. The van der Waals surface area contributed by atoms with Gasteiger partial charge in [0.05, 0.1) is 17.9 Å². The van der Waals surface area contributed by atoms with Gasteiger partial charge < -0.3 is 4.74 Å². The summed E-state index contributed by atoms with van der Waals surface area (Å²) in [5.41, 5.74) is 1.13. The monoisotopic (exact) mass is 479 g/mol. The molecule has 0 radical (unpaired) electrons. The lowest BCUT2D eigenvalue weighted by atomic mass is 9.77. The number of aryl methyl sites for hydroxylation is 1. The van der Waals surface area contributed by atoms with Crippen LogP contribution in [0.5, 0.6) is 0 Å². The molecule has 0 saturated carbocycles. The highest BCUT2D eigenvalue weighted by Crippen LogP contribution is 2.57. The zero-order chi connectivity index (χ0) is 25.2. The second-order valence-corrected chi connectivity index (χ2v) is 9.98. The Balaban J connectivity index is 1.46. The van der Waals surface area contributed by atoms with Gasteiger partial charge in [-0.05, 0) is 31.4 Å². The summed E-state index contributed by atoms with van der Waals surface area (Å²) in [4.78, 5) is 56.7. The number of hydrogen-bond donors (Lipinski definition) is 0. The van der Waals surface area contributed by atoms with Crippen molar-refractivity contribution in [3.63, 3.8) is 0 Å². The average Bonchev–Trinajstić information content (AvgIpc) is 3.45. The molecular weight excluding hydrogens is 454 g/mol. The summed E-state index contributed by atoms with van der Waals surface area (Å²) in [5.74, 6) is -4.15. The summed E-state index contributed by atoms with van der Waals surface area (Å²) < 4.78 is 6.33. The standard InChI is InChI=1S/C30H25NO5/c1-17-12-14-20(15-13-17)25-23-24(30(36-25)26(32)21-10-6-7-11-22(21)27(30)33)29(35)31(28(23)34)18(2)16-19-8-4-3-5-9-19/h3-15,18,23-25H,16H2,1-2H3/t18-,23+,24+,25+/m1/s1. The van der Waals surface area contributed by atoms with E-state index in [2.05, 4.69) is 0 Å². The van der Waals surface area contributed by atoms with Gasteiger partial charge >= 0.3 is 0 Å². The minimum atomic E-state index is -2.03. The van der Waals surface area contributed by atoms with E-state index in [1.54, 1.807) is 24.3 Å². The van der Waals surface area contributed by atoms with Gasteiger partial charge in [0.25, 0.3) is 0 Å². The van der Waals surface area contributed by atoms with Crippen molar-refractivity contribution in [1.82, 2.24) is 4.90 Å². The van der Waals surface area contributed by atoms with Crippen LogP contribution in [-0.2, 0) is 20.7 Å². The maximum atomic E-state index is 14.0. The number of amides is 2. The molecule has 6 rings (SSSR count). The van der Waals surface area contributed by atoms with E-state index in [9.17, 15) is 19.2 Å². The third kappa shape index (κ3) is 3.00. The first-order valence-corrected chi connectivity index (χ1v) is 12.2. The zero-order valence-electron chi connectivity index (χ0n) is 20.0. The van der Waals surface area contributed by atoms with Crippen LogP contribution in [0.3, 0.4) is 0 Å². The number of carbonyl (C=O) groups excluding carboxylic acids is 4. The number of benzene rings is 3. The largest absolute Gasteiger partial charge is 0.349 e. The number of ketones is 2. The molecule has 2 fully saturated rings. The van der Waals surface area contributed by atoms with Crippen molar-refractivity contribution in [3.8, 4) is 0 Å². The maximum Gasteiger partial charge on any atom is 0.237 e. The summed E-state index contributed by atoms with van der Waals surface area (Å²) in [7, 11) is 0. The second kappa shape index (κ2) is 8.07. The van der Waals surface area contributed by atoms with Gasteiger partial charge in [0.15, 0.2) is 0 Å². The lowest BCUT2D eigenvalue weighted by molar-refractivity contribution is -0.147. The summed E-state index contributed by atoms with van der Waals surface area (Å²) in [6.07, 6.45) is -0.411. The molecule has 3 aromatic rings. The molecule has 0 N–H and O–H groups in total. The van der Waals surface area contributed by atoms with Gasteiger partial charge in [0.1, 0.15) is 0 Å². The lowest BCUT2D eigenvalue weighted by Crippen LogP contribution is -2.52. The molecule has 6 nitrogen and oxygen atoms in total. The zero-order valence-corrected chi connectivity index (χ0v) is 20.0. The molecule has 2 aliphatic heterocycles. The van der Waals surface area contributed by atoms with E-state index in [1.807, 2.05) is 68.4 Å². The summed E-state index contributed by atoms with van der Waals surface area (Å²) in [6.45, 7) is 3.77. The minimum Gasteiger partial charge on any atom is -0.349 e. The second-order valence-electron chi connectivity index (χ2n) is 9.98. The summed E-state index contributed by atoms with van der Waals surface area (Å²) >= 11 is 0. The topological polar surface area (TPSA) is 80.8 Å². The summed E-state index contributed by atoms with van der Waals surface area (Å²) in [5, 5.41) is 0. The van der Waals surface area contributed by atoms with Crippen LogP contribution >= 0.6 is 0 Å². The fraction of sp³-hybridized carbons (Fsp3) is 0.267. The van der Waals surface area contributed by atoms with Crippen LogP contribution in [0, 0.1) is 18.8 Å². The Morgan fingerprint density at radius 2 is 1.39 bits per heavy atom. The van der Waals surface area contributed by atoms with Gasteiger partial charge in [-0.3, -0.25) is 24.1 Å². The van der Waals surface area contributed by atoms with E-state index in [0.717, 1.165) is 11.1 Å². The molecule has 2 saturated heterocycles. The van der Waals surface area contributed by atoms with E-state index in [4.69, 9.17) is 4.74 Å². The van der Waals surface area contributed by atoms with E-state index in [1.165, 1.54) is 4.90 Å². The third-order valence-corrected chi connectivity index (χ3v) is 7.77. The highest BCUT2D eigenvalue weighted by Gasteiger charge is 2.74. The van der Waals surface area contributed by atoms with Gasteiger partial charge in [-0.1, -0.05) is 84.4 Å². The lowest BCUT2D eigenvalue weighted by Gasteiger charge is -2.29. The molecule has 180 valence electrons. The van der Waals surface area contributed by atoms with Crippen molar-refractivity contribution in [3.05, 3.63) is 107 Å². The molecule has 4 atom stereocenters. The van der Waals surface area contributed by atoms with Crippen LogP contribution < -0.4 is 0 Å². The van der Waals surface area contributed by atoms with Gasteiger partial charge in [-0.25, -0.2) is 0 Å². The molecule has 3 aliphatic rings. The number of likely N-dealkylation sites (tertiary alicyclic amines) is 1. The van der Waals surface area contributed by atoms with Crippen molar-refractivity contribution >= 4 is 23.4 Å². The van der Waals surface area contributed by atoms with Crippen LogP contribution in [0.1, 0.15) is 50.4 Å². The van der Waals surface area contributed by atoms with E-state index in [-0.39, 0.29) is 11.1 Å². The molecule has 0 bridgehead atoms. The molecule has 6 heteroatoms. The number of nitrogens with zero attached hydrogens (tertiary/aromatic N) is 1. The Kier molecular flexibility index (Phi) is 5.05. The molecule has 36 heavy (non-hydrogen) atoms.